The maximum Gasteiger partial charge on any atom is 0.335 e. The molecule has 5 nitrogen and oxygen atoms in total. The van der Waals surface area contributed by atoms with Gasteiger partial charge in [-0.2, -0.15) is 0 Å². The highest BCUT2D eigenvalue weighted by atomic mass is 35.5. The van der Waals surface area contributed by atoms with Crippen LogP contribution in [-0.4, -0.2) is 17.8 Å². The highest BCUT2D eigenvalue weighted by molar-refractivity contribution is 6.39. The summed E-state index contributed by atoms with van der Waals surface area (Å²) in [5.41, 5.74) is 6.45. The molecule has 0 aliphatic carbocycles. The molecular weight excluding hydrogens is 448 g/mol. The number of carbonyl (C=O) groups excluding carboxylic acids is 3. The zero-order valence-electron chi connectivity index (χ0n) is 19.3. The molecule has 1 saturated heterocycles. The molecule has 1 aliphatic heterocycles. The fourth-order valence-corrected chi connectivity index (χ4v) is 4.38. The molecule has 0 radical (unpaired) electrons. The lowest BCUT2D eigenvalue weighted by Gasteiger charge is -2.26. The summed E-state index contributed by atoms with van der Waals surface area (Å²) in [4.78, 5) is 39.0. The number of barbiturate groups is 1. The molecule has 0 atom stereocenters. The number of halogens is 1. The van der Waals surface area contributed by atoms with E-state index in [4.69, 9.17) is 11.6 Å². The second-order valence-electron chi connectivity index (χ2n) is 8.50. The van der Waals surface area contributed by atoms with Crippen LogP contribution >= 0.6 is 11.6 Å². The summed E-state index contributed by atoms with van der Waals surface area (Å²) in [7, 11) is 0. The lowest BCUT2D eigenvalue weighted by molar-refractivity contribution is -0.122. The van der Waals surface area contributed by atoms with Crippen LogP contribution in [0.1, 0.15) is 40.3 Å². The summed E-state index contributed by atoms with van der Waals surface area (Å²) in [5.74, 6) is -1.40. The quantitative estimate of drug-likeness (QED) is 0.378. The second-order valence-corrected chi connectivity index (χ2v) is 8.91. The van der Waals surface area contributed by atoms with Gasteiger partial charge in [0.25, 0.3) is 11.8 Å². The first kappa shape index (κ1) is 23.5. The number of benzene rings is 3. The maximum atomic E-state index is 13.1. The van der Waals surface area contributed by atoms with Crippen LogP contribution in [0.2, 0.25) is 5.02 Å². The first-order chi connectivity index (χ1) is 16.2. The molecule has 4 rings (SSSR count). The molecule has 3 aromatic rings. The van der Waals surface area contributed by atoms with E-state index in [1.807, 2.05) is 31.2 Å². The minimum atomic E-state index is -0.766. The van der Waals surface area contributed by atoms with Gasteiger partial charge in [-0.3, -0.25) is 14.9 Å². The monoisotopic (exact) mass is 472 g/mol. The Morgan fingerprint density at radius 3 is 2.18 bits per heavy atom. The van der Waals surface area contributed by atoms with E-state index in [-0.39, 0.29) is 5.57 Å². The number of hydrogen-bond donors (Lipinski definition) is 1. The number of nitrogens with zero attached hydrogens (tertiary/aromatic N) is 1. The van der Waals surface area contributed by atoms with Gasteiger partial charge in [-0.15, -0.1) is 0 Å². The number of nitrogens with one attached hydrogen (secondary N) is 1. The lowest BCUT2D eigenvalue weighted by Crippen LogP contribution is -2.54. The predicted molar refractivity (Wildman–Crippen MR) is 135 cm³/mol. The third kappa shape index (κ3) is 4.95. The molecule has 0 bridgehead atoms. The summed E-state index contributed by atoms with van der Waals surface area (Å²) in [5, 5.41) is 2.79. The van der Waals surface area contributed by atoms with E-state index in [1.54, 1.807) is 18.2 Å². The number of anilines is 1. The topological polar surface area (TPSA) is 66.5 Å². The van der Waals surface area contributed by atoms with Crippen molar-refractivity contribution < 1.29 is 14.4 Å². The first-order valence-electron chi connectivity index (χ1n) is 11.1. The standard InChI is InChI=1S/C28H25ClN2O3/c1-4-19-6-9-23(10-7-19)31-27(33)24(26(32)30-28(31)34)15-20-5-8-22(25(29)16-20)14-21-12-17(2)11-18(3)13-21/h5-13,15-16H,4,14H2,1-3H3,(H,30,32,34)/b24-15+. The Labute approximate surface area is 204 Å². The molecule has 6 heteroatoms. The number of imide groups is 2. The molecule has 172 valence electrons. The zero-order chi connectivity index (χ0) is 24.4. The number of amides is 4. The van der Waals surface area contributed by atoms with Crippen LogP contribution in [0.3, 0.4) is 0 Å². The van der Waals surface area contributed by atoms with Crippen LogP contribution in [-0.2, 0) is 22.4 Å². The molecule has 34 heavy (non-hydrogen) atoms. The van der Waals surface area contributed by atoms with Gasteiger partial charge in [0.1, 0.15) is 5.57 Å². The van der Waals surface area contributed by atoms with Gasteiger partial charge >= 0.3 is 6.03 Å². The third-order valence-electron chi connectivity index (χ3n) is 5.77. The van der Waals surface area contributed by atoms with Crippen molar-refractivity contribution >= 4 is 41.2 Å². The van der Waals surface area contributed by atoms with Gasteiger partial charge in [0, 0.05) is 5.02 Å². The molecule has 1 aliphatic rings. The van der Waals surface area contributed by atoms with Gasteiger partial charge in [-0.1, -0.05) is 72.1 Å². The van der Waals surface area contributed by atoms with Crippen molar-refractivity contribution in [3.8, 4) is 0 Å². The van der Waals surface area contributed by atoms with Crippen molar-refractivity contribution in [1.29, 1.82) is 0 Å². The number of urea groups is 1. The van der Waals surface area contributed by atoms with Crippen LogP contribution in [0.4, 0.5) is 10.5 Å². The zero-order valence-corrected chi connectivity index (χ0v) is 20.1. The largest absolute Gasteiger partial charge is 0.335 e. The summed E-state index contributed by atoms with van der Waals surface area (Å²) in [6.45, 7) is 6.14. The summed E-state index contributed by atoms with van der Waals surface area (Å²) in [6.07, 6.45) is 2.97. The van der Waals surface area contributed by atoms with E-state index in [0.717, 1.165) is 28.0 Å². The van der Waals surface area contributed by atoms with E-state index in [1.165, 1.54) is 17.2 Å². The Morgan fingerprint density at radius 2 is 1.56 bits per heavy atom. The molecule has 1 N–H and O–H groups in total. The number of rotatable bonds is 5. The Kier molecular flexibility index (Phi) is 6.66. The SMILES string of the molecule is CCc1ccc(N2C(=O)NC(=O)/C(=C\c3ccc(Cc4cc(C)cc(C)c4)c(Cl)c3)C2=O)cc1. The fraction of sp³-hybridized carbons (Fsp3) is 0.179. The Balaban J connectivity index is 1.61. The maximum absolute atomic E-state index is 13.1. The smallest absolute Gasteiger partial charge is 0.273 e. The highest BCUT2D eigenvalue weighted by Gasteiger charge is 2.36. The van der Waals surface area contributed by atoms with E-state index in [0.29, 0.717) is 22.7 Å². The normalized spacial score (nSPS) is 15.1. The van der Waals surface area contributed by atoms with Crippen LogP contribution in [0.5, 0.6) is 0 Å². The van der Waals surface area contributed by atoms with E-state index in [9.17, 15) is 14.4 Å². The van der Waals surface area contributed by atoms with Crippen LogP contribution < -0.4 is 10.2 Å². The van der Waals surface area contributed by atoms with Crippen molar-refractivity contribution in [3.05, 3.63) is 105 Å². The third-order valence-corrected chi connectivity index (χ3v) is 6.12. The van der Waals surface area contributed by atoms with Crippen molar-refractivity contribution in [3.63, 3.8) is 0 Å². The molecule has 0 saturated carbocycles. The molecule has 0 unspecified atom stereocenters. The Bertz CT molecular complexity index is 1310. The Hall–Kier alpha value is -3.70. The van der Waals surface area contributed by atoms with E-state index < -0.39 is 17.8 Å². The predicted octanol–water partition coefficient (Wildman–Crippen LogP) is 5.78. The lowest BCUT2D eigenvalue weighted by atomic mass is 9.99. The minimum Gasteiger partial charge on any atom is -0.273 e. The average Bonchev–Trinajstić information content (AvgIpc) is 2.78. The molecule has 4 amide bonds. The summed E-state index contributed by atoms with van der Waals surface area (Å²) in [6, 6.07) is 18.1. The van der Waals surface area contributed by atoms with E-state index in [2.05, 4.69) is 37.4 Å². The number of aryl methyl sites for hydroxylation is 3. The fourth-order valence-electron chi connectivity index (χ4n) is 4.13. The van der Waals surface area contributed by atoms with E-state index >= 15 is 0 Å². The Morgan fingerprint density at radius 1 is 0.882 bits per heavy atom. The van der Waals surface area contributed by atoms with Crippen molar-refractivity contribution in [2.24, 2.45) is 0 Å². The molecule has 1 heterocycles. The summed E-state index contributed by atoms with van der Waals surface area (Å²) < 4.78 is 0. The molecule has 1 fully saturated rings. The minimum absolute atomic E-state index is 0.128. The number of hydrogen-bond acceptors (Lipinski definition) is 3. The average molecular weight is 473 g/mol. The summed E-state index contributed by atoms with van der Waals surface area (Å²) >= 11 is 6.55. The van der Waals surface area contributed by atoms with Gasteiger partial charge in [-0.25, -0.2) is 9.69 Å². The molecule has 3 aromatic carbocycles. The van der Waals surface area contributed by atoms with Crippen LogP contribution in [0, 0.1) is 13.8 Å². The number of carbonyl (C=O) groups is 3. The molecular formula is C28H25ClN2O3. The van der Waals surface area contributed by atoms with Crippen LogP contribution in [0.25, 0.3) is 6.08 Å². The van der Waals surface area contributed by atoms with Gasteiger partial charge in [0.2, 0.25) is 0 Å². The molecule has 0 aromatic heterocycles. The van der Waals surface area contributed by atoms with Crippen molar-refractivity contribution in [2.45, 2.75) is 33.6 Å². The van der Waals surface area contributed by atoms with Crippen LogP contribution in [0.15, 0.2) is 66.2 Å². The molecule has 0 spiro atoms. The highest BCUT2D eigenvalue weighted by Crippen LogP contribution is 2.26. The van der Waals surface area contributed by atoms with Crippen molar-refractivity contribution in [1.82, 2.24) is 5.32 Å². The van der Waals surface area contributed by atoms with Gasteiger partial charge in [0.15, 0.2) is 0 Å². The van der Waals surface area contributed by atoms with Gasteiger partial charge in [-0.05, 0) is 73.2 Å². The second kappa shape index (κ2) is 9.65. The first-order valence-corrected chi connectivity index (χ1v) is 11.5. The van der Waals surface area contributed by atoms with Gasteiger partial charge in [0.05, 0.1) is 5.69 Å². The van der Waals surface area contributed by atoms with Crippen molar-refractivity contribution in [2.75, 3.05) is 4.90 Å². The van der Waals surface area contributed by atoms with Gasteiger partial charge < -0.3 is 0 Å².